The summed E-state index contributed by atoms with van der Waals surface area (Å²) < 4.78 is 33.2. The van der Waals surface area contributed by atoms with E-state index in [0.29, 0.717) is 18.1 Å². The van der Waals surface area contributed by atoms with Gasteiger partial charge in [-0.2, -0.15) is 0 Å². The minimum absolute atomic E-state index is 0.0945. The summed E-state index contributed by atoms with van der Waals surface area (Å²) in [6.45, 7) is 1.92. The van der Waals surface area contributed by atoms with Crippen molar-refractivity contribution in [2.45, 2.75) is 19.1 Å². The first-order valence-electron chi connectivity index (χ1n) is 11.1. The molecule has 1 saturated heterocycles. The Bertz CT molecular complexity index is 1610. The molecule has 37 heavy (non-hydrogen) atoms. The molecule has 14 heteroatoms. The molecule has 1 amide bonds. The van der Waals surface area contributed by atoms with Gasteiger partial charge < -0.3 is 4.90 Å². The number of hydrogen-bond acceptors (Lipinski definition) is 8. The number of hydrogen-bond donors (Lipinski definition) is 0. The van der Waals surface area contributed by atoms with Gasteiger partial charge in [-0.05, 0) is 52.5 Å². The number of halogens is 3. The summed E-state index contributed by atoms with van der Waals surface area (Å²) in [5.74, 6) is -0.643. The lowest BCUT2D eigenvalue weighted by molar-refractivity contribution is -0.0265. The normalized spacial score (nSPS) is 14.6. The average molecular weight is 603 g/mol. The Kier molecular flexibility index (Phi) is 5.96. The van der Waals surface area contributed by atoms with Gasteiger partial charge in [-0.3, -0.25) is 4.79 Å². The summed E-state index contributed by atoms with van der Waals surface area (Å²) in [5, 5.41) is 14.3. The van der Waals surface area contributed by atoms with Crippen LogP contribution in [0.5, 0.6) is 0 Å². The number of thiophene rings is 1. The highest BCUT2D eigenvalue weighted by atomic mass is 79.9. The summed E-state index contributed by atoms with van der Waals surface area (Å²) in [6, 6.07) is 9.55. The third-order valence-corrected chi connectivity index (χ3v) is 8.27. The highest BCUT2D eigenvalue weighted by molar-refractivity contribution is 9.11. The average Bonchev–Trinajstić information content (AvgIpc) is 3.64. The molecule has 188 valence electrons. The summed E-state index contributed by atoms with van der Waals surface area (Å²) in [6.07, 6.45) is 1.54. The lowest BCUT2D eigenvalue weighted by Crippen LogP contribution is -2.59. The second-order valence-corrected chi connectivity index (χ2v) is 12.0. The molecule has 0 spiro atoms. The van der Waals surface area contributed by atoms with Gasteiger partial charge in [0.25, 0.3) is 5.91 Å². The number of likely N-dealkylation sites (tertiary alicyclic amines) is 1. The first-order valence-corrected chi connectivity index (χ1v) is 13.6. The highest BCUT2D eigenvalue weighted by Gasteiger charge is 2.50. The maximum absolute atomic E-state index is 15.6. The van der Waals surface area contributed by atoms with Crippen LogP contribution in [-0.4, -0.2) is 58.6 Å². The number of rotatable bonds is 6. The molecular weight excluding hydrogens is 586 g/mol. The molecule has 6 rings (SSSR count). The van der Waals surface area contributed by atoms with Crippen molar-refractivity contribution in [3.05, 3.63) is 79.8 Å². The van der Waals surface area contributed by atoms with E-state index >= 15 is 4.39 Å². The lowest BCUT2D eigenvalue weighted by atomic mass is 9.93. The van der Waals surface area contributed by atoms with Crippen molar-refractivity contribution in [3.63, 3.8) is 0 Å². The number of nitrogens with zero attached hydrogens (tertiary/aromatic N) is 8. The summed E-state index contributed by atoms with van der Waals surface area (Å²) in [5.41, 5.74) is -0.417. The SMILES string of the molecule is Cc1sc(Br)nc1Cn1cc(C2(F)CN(C(=O)c3nc(-c4cccs4)n(-c4cccc(F)c4)n3)C2)nn1. The van der Waals surface area contributed by atoms with E-state index in [9.17, 15) is 9.18 Å². The van der Waals surface area contributed by atoms with Crippen molar-refractivity contribution in [1.29, 1.82) is 0 Å². The van der Waals surface area contributed by atoms with Crippen LogP contribution in [-0.2, 0) is 12.2 Å². The van der Waals surface area contributed by atoms with Crippen LogP contribution in [0.3, 0.4) is 0 Å². The van der Waals surface area contributed by atoms with Gasteiger partial charge in [-0.15, -0.1) is 32.9 Å². The van der Waals surface area contributed by atoms with Gasteiger partial charge in [0.05, 0.1) is 42.1 Å². The molecule has 0 radical (unpaired) electrons. The van der Waals surface area contributed by atoms with Crippen molar-refractivity contribution >= 4 is 44.5 Å². The molecule has 0 unspecified atom stereocenters. The van der Waals surface area contributed by atoms with E-state index in [1.807, 2.05) is 24.4 Å². The predicted molar refractivity (Wildman–Crippen MR) is 137 cm³/mol. The quantitative estimate of drug-likeness (QED) is 0.281. The van der Waals surface area contributed by atoms with Gasteiger partial charge in [0.15, 0.2) is 15.4 Å². The van der Waals surface area contributed by atoms with Gasteiger partial charge in [-0.25, -0.2) is 28.1 Å². The summed E-state index contributed by atoms with van der Waals surface area (Å²) >= 11 is 6.29. The van der Waals surface area contributed by atoms with Crippen LogP contribution in [0.2, 0.25) is 0 Å². The Balaban J connectivity index is 1.21. The second kappa shape index (κ2) is 9.19. The standard InChI is InChI=1S/C23H17BrF2N8OS2/c1-13-16(27-22(24)37-13)9-33-10-18(29-31-33)23(26)11-32(12-23)21(35)19-28-20(17-6-3-7-36-17)34(30-19)15-5-2-4-14(25)8-15/h2-8,10H,9,11-12H2,1H3. The molecule has 0 aliphatic carbocycles. The van der Waals surface area contributed by atoms with Gasteiger partial charge in [0, 0.05) is 4.88 Å². The largest absolute Gasteiger partial charge is 0.328 e. The van der Waals surface area contributed by atoms with Gasteiger partial charge in [-0.1, -0.05) is 17.3 Å². The third kappa shape index (κ3) is 4.49. The summed E-state index contributed by atoms with van der Waals surface area (Å²) in [4.78, 5) is 25.1. The predicted octanol–water partition coefficient (Wildman–Crippen LogP) is 4.62. The van der Waals surface area contributed by atoms with Crippen molar-refractivity contribution in [2.75, 3.05) is 13.1 Å². The van der Waals surface area contributed by atoms with Crippen LogP contribution in [0.25, 0.3) is 16.4 Å². The fraction of sp³-hybridized carbons (Fsp3) is 0.217. The number of aromatic nitrogens is 7. The van der Waals surface area contributed by atoms with Gasteiger partial charge in [0.1, 0.15) is 11.5 Å². The minimum Gasteiger partial charge on any atom is -0.328 e. The molecule has 0 saturated carbocycles. The van der Waals surface area contributed by atoms with Crippen molar-refractivity contribution in [3.8, 4) is 16.4 Å². The first-order chi connectivity index (χ1) is 17.8. The molecule has 1 aliphatic heterocycles. The van der Waals surface area contributed by atoms with Crippen LogP contribution in [0.4, 0.5) is 8.78 Å². The number of carbonyl (C=O) groups is 1. The Morgan fingerprint density at radius 1 is 1.22 bits per heavy atom. The fourth-order valence-electron chi connectivity index (χ4n) is 4.04. The zero-order valence-corrected chi connectivity index (χ0v) is 22.4. The lowest BCUT2D eigenvalue weighted by Gasteiger charge is -2.42. The van der Waals surface area contributed by atoms with Crippen molar-refractivity contribution in [1.82, 2.24) is 39.6 Å². The zero-order valence-electron chi connectivity index (χ0n) is 19.2. The van der Waals surface area contributed by atoms with E-state index in [0.717, 1.165) is 19.4 Å². The minimum atomic E-state index is -1.83. The Hall–Kier alpha value is -3.36. The van der Waals surface area contributed by atoms with Crippen LogP contribution in [0, 0.1) is 12.7 Å². The van der Waals surface area contributed by atoms with Crippen LogP contribution >= 0.6 is 38.6 Å². The van der Waals surface area contributed by atoms with E-state index in [-0.39, 0.29) is 24.6 Å². The number of alkyl halides is 1. The van der Waals surface area contributed by atoms with E-state index in [1.165, 1.54) is 49.1 Å². The van der Waals surface area contributed by atoms with Crippen LogP contribution < -0.4 is 0 Å². The maximum Gasteiger partial charge on any atom is 0.293 e. The Morgan fingerprint density at radius 3 is 2.76 bits per heavy atom. The first kappa shape index (κ1) is 24.0. The molecule has 0 atom stereocenters. The second-order valence-electron chi connectivity index (χ2n) is 8.53. The Labute approximate surface area is 225 Å². The number of amides is 1. The van der Waals surface area contributed by atoms with Crippen LogP contribution in [0.15, 0.2) is 51.9 Å². The number of carbonyl (C=O) groups excluding carboxylic acids is 1. The summed E-state index contributed by atoms with van der Waals surface area (Å²) in [7, 11) is 0. The topological polar surface area (TPSA) is 94.6 Å². The number of thiazole rings is 1. The van der Waals surface area contributed by atoms with Gasteiger partial charge in [0.2, 0.25) is 5.82 Å². The third-order valence-electron chi connectivity index (χ3n) is 5.94. The Morgan fingerprint density at radius 2 is 2.05 bits per heavy atom. The molecule has 5 heterocycles. The van der Waals surface area contributed by atoms with Crippen LogP contribution in [0.1, 0.15) is 26.9 Å². The molecule has 1 aliphatic rings. The molecule has 0 bridgehead atoms. The zero-order chi connectivity index (χ0) is 25.7. The number of aryl methyl sites for hydroxylation is 1. The van der Waals surface area contributed by atoms with E-state index in [2.05, 4.69) is 41.3 Å². The molecule has 5 aromatic rings. The van der Waals surface area contributed by atoms with Crippen molar-refractivity contribution in [2.24, 2.45) is 0 Å². The van der Waals surface area contributed by atoms with E-state index in [4.69, 9.17) is 0 Å². The van der Waals surface area contributed by atoms with E-state index in [1.54, 1.807) is 18.3 Å². The molecule has 0 N–H and O–H groups in total. The molecule has 1 aromatic carbocycles. The molecular formula is C23H17BrF2N8OS2. The molecule has 9 nitrogen and oxygen atoms in total. The molecule has 1 fully saturated rings. The van der Waals surface area contributed by atoms with Crippen molar-refractivity contribution < 1.29 is 13.6 Å². The smallest absolute Gasteiger partial charge is 0.293 e. The highest BCUT2D eigenvalue weighted by Crippen LogP contribution is 2.36. The van der Waals surface area contributed by atoms with Gasteiger partial charge >= 0.3 is 0 Å². The monoisotopic (exact) mass is 602 g/mol. The maximum atomic E-state index is 15.6. The van der Waals surface area contributed by atoms with E-state index < -0.39 is 17.4 Å². The fourth-order valence-corrected chi connectivity index (χ4v) is 6.31. The number of benzene rings is 1. The molecule has 4 aromatic heterocycles.